The van der Waals surface area contributed by atoms with Gasteiger partial charge in [0.05, 0.1) is 11.9 Å². The average molecular weight is 612 g/mol. The van der Waals surface area contributed by atoms with Crippen molar-refractivity contribution < 1.29 is 18.0 Å². The van der Waals surface area contributed by atoms with Gasteiger partial charge in [0.15, 0.2) is 5.03 Å². The number of imidazole rings is 1. The van der Waals surface area contributed by atoms with Crippen molar-refractivity contribution in [3.05, 3.63) is 83.0 Å². The van der Waals surface area contributed by atoms with Crippen molar-refractivity contribution in [1.29, 1.82) is 0 Å². The number of amides is 1. The van der Waals surface area contributed by atoms with Crippen molar-refractivity contribution >= 4 is 56.6 Å². The summed E-state index contributed by atoms with van der Waals surface area (Å²) in [6, 6.07) is 12.3. The van der Waals surface area contributed by atoms with E-state index in [1.54, 1.807) is 37.5 Å². The third kappa shape index (κ3) is 4.82. The molecule has 4 heterocycles. The van der Waals surface area contributed by atoms with Crippen molar-refractivity contribution in [2.75, 3.05) is 18.0 Å². The smallest absolute Gasteiger partial charge is 0.260 e. The molecule has 1 amide bonds. The number of halogens is 2. The first kappa shape index (κ1) is 27.5. The van der Waals surface area contributed by atoms with E-state index in [2.05, 4.69) is 15.0 Å². The topological polar surface area (TPSA) is 118 Å². The maximum Gasteiger partial charge on any atom is 0.260 e. The maximum atomic E-state index is 14.3. The van der Waals surface area contributed by atoms with Crippen LogP contribution in [0.15, 0.2) is 72.4 Å². The van der Waals surface area contributed by atoms with Crippen LogP contribution >= 0.6 is 23.2 Å². The highest BCUT2D eigenvalue weighted by Crippen LogP contribution is 2.45. The van der Waals surface area contributed by atoms with Crippen LogP contribution in [0.3, 0.4) is 0 Å². The predicted octanol–water partition coefficient (Wildman–Crippen LogP) is 4.64. The van der Waals surface area contributed by atoms with Crippen LogP contribution < -0.4 is 4.90 Å². The van der Waals surface area contributed by atoms with E-state index in [0.717, 1.165) is 16.7 Å². The van der Waals surface area contributed by atoms with Crippen molar-refractivity contribution in [3.63, 3.8) is 0 Å². The molecule has 10 nitrogen and oxygen atoms in total. The summed E-state index contributed by atoms with van der Waals surface area (Å²) in [7, 11) is -4.08. The monoisotopic (exact) mass is 610 g/mol. The van der Waals surface area contributed by atoms with E-state index in [1.807, 2.05) is 24.3 Å². The summed E-state index contributed by atoms with van der Waals surface area (Å²) in [6.07, 6.45) is 6.60. The number of fused-ring (bicyclic) bond motifs is 1. The van der Waals surface area contributed by atoms with Crippen LogP contribution in [0.4, 0.5) is 11.6 Å². The molecular formula is C28H24Cl2N6O4S. The van der Waals surface area contributed by atoms with Crippen LogP contribution in [0.1, 0.15) is 25.3 Å². The molecule has 0 aliphatic carbocycles. The Labute approximate surface area is 246 Å². The highest BCUT2D eigenvalue weighted by Gasteiger charge is 2.52. The molecule has 1 atom stereocenters. The Hall–Kier alpha value is -3.64. The second-order valence-electron chi connectivity index (χ2n) is 10.2. The fraction of sp³-hybridized carbons (Fsp3) is 0.250. The number of rotatable bonds is 6. The molecule has 41 heavy (non-hydrogen) atoms. The summed E-state index contributed by atoms with van der Waals surface area (Å²) >= 11 is 12.5. The third-order valence-corrected chi connectivity index (χ3v) is 9.75. The van der Waals surface area contributed by atoms with E-state index < -0.39 is 15.6 Å². The SMILES string of the molecule is CC1(Cc2ccc(-c3cncnc3)cc2)C(=O)N(c2cc(Cl)cc(Cl)c2)c2ncc(S(=O)(=O)N3CCC(=O)CC3)n21. The number of hydrogen-bond donors (Lipinski definition) is 0. The van der Waals surface area contributed by atoms with Gasteiger partial charge in [0.25, 0.3) is 15.9 Å². The van der Waals surface area contributed by atoms with Crippen LogP contribution in [0.2, 0.25) is 10.0 Å². The van der Waals surface area contributed by atoms with Gasteiger partial charge in [-0.05, 0) is 36.2 Å². The molecule has 2 aliphatic rings. The summed E-state index contributed by atoms with van der Waals surface area (Å²) in [5.74, 6) is -0.227. The van der Waals surface area contributed by atoms with Crippen LogP contribution in [0, 0.1) is 0 Å². The highest BCUT2D eigenvalue weighted by atomic mass is 35.5. The Kier molecular flexibility index (Phi) is 6.93. The van der Waals surface area contributed by atoms with Crippen molar-refractivity contribution in [1.82, 2.24) is 23.8 Å². The second kappa shape index (κ2) is 10.3. The van der Waals surface area contributed by atoms with E-state index in [1.165, 1.54) is 26.3 Å². The number of benzene rings is 2. The Bertz CT molecular complexity index is 1750. The van der Waals surface area contributed by atoms with Gasteiger partial charge in [-0.3, -0.25) is 14.2 Å². The minimum atomic E-state index is -4.08. The molecule has 1 saturated heterocycles. The van der Waals surface area contributed by atoms with E-state index in [0.29, 0.717) is 15.7 Å². The maximum absolute atomic E-state index is 14.3. The van der Waals surface area contributed by atoms with Gasteiger partial charge in [-0.25, -0.2) is 28.3 Å². The average Bonchev–Trinajstić information content (AvgIpc) is 3.48. The molecule has 1 unspecified atom stereocenters. The Morgan fingerprint density at radius 1 is 0.902 bits per heavy atom. The van der Waals surface area contributed by atoms with Gasteiger partial charge in [-0.2, -0.15) is 4.31 Å². The lowest BCUT2D eigenvalue weighted by Crippen LogP contribution is -2.44. The van der Waals surface area contributed by atoms with Crippen molar-refractivity contribution in [2.45, 2.75) is 36.8 Å². The number of hydrogen-bond acceptors (Lipinski definition) is 7. The number of nitrogens with zero attached hydrogens (tertiary/aromatic N) is 6. The molecule has 0 radical (unpaired) electrons. The number of aromatic nitrogens is 4. The molecule has 13 heteroatoms. The zero-order valence-corrected chi connectivity index (χ0v) is 24.2. The van der Waals surface area contributed by atoms with Gasteiger partial charge >= 0.3 is 0 Å². The highest BCUT2D eigenvalue weighted by molar-refractivity contribution is 7.89. The molecule has 0 saturated carbocycles. The zero-order valence-electron chi connectivity index (χ0n) is 21.9. The zero-order chi connectivity index (χ0) is 28.9. The quantitative estimate of drug-likeness (QED) is 0.312. The van der Waals surface area contributed by atoms with Gasteiger partial charge in [-0.15, -0.1) is 0 Å². The Morgan fingerprint density at radius 2 is 1.54 bits per heavy atom. The molecule has 2 aromatic carbocycles. The molecule has 1 fully saturated rings. The lowest BCUT2D eigenvalue weighted by Gasteiger charge is -2.29. The lowest BCUT2D eigenvalue weighted by atomic mass is 9.91. The molecule has 2 aromatic heterocycles. The first-order valence-electron chi connectivity index (χ1n) is 12.8. The first-order valence-corrected chi connectivity index (χ1v) is 15.0. The summed E-state index contributed by atoms with van der Waals surface area (Å²) in [5.41, 5.74) is 1.55. The van der Waals surface area contributed by atoms with Crippen LogP contribution in [0.25, 0.3) is 11.1 Å². The molecule has 2 aliphatic heterocycles. The Balaban J connectivity index is 1.45. The first-order chi connectivity index (χ1) is 19.6. The summed E-state index contributed by atoms with van der Waals surface area (Å²) in [5, 5.41) is 0.517. The summed E-state index contributed by atoms with van der Waals surface area (Å²) in [4.78, 5) is 40.0. The van der Waals surface area contributed by atoms with Crippen LogP contribution in [-0.4, -0.2) is 57.0 Å². The lowest BCUT2D eigenvalue weighted by molar-refractivity contribution is -0.124. The minimum Gasteiger partial charge on any atom is -0.300 e. The van der Waals surface area contributed by atoms with Gasteiger partial charge in [-0.1, -0.05) is 47.5 Å². The number of anilines is 2. The van der Waals surface area contributed by atoms with E-state index in [4.69, 9.17) is 23.2 Å². The van der Waals surface area contributed by atoms with E-state index in [-0.39, 0.29) is 55.0 Å². The second-order valence-corrected chi connectivity index (χ2v) is 13.0. The number of piperidine rings is 1. The Morgan fingerprint density at radius 3 is 2.17 bits per heavy atom. The number of carbonyl (C=O) groups excluding carboxylic acids is 2. The van der Waals surface area contributed by atoms with Gasteiger partial charge in [0, 0.05) is 60.4 Å². The molecule has 0 spiro atoms. The molecule has 0 bridgehead atoms. The number of ketones is 1. The number of carbonyl (C=O) groups is 2. The van der Waals surface area contributed by atoms with Gasteiger partial charge in [0.1, 0.15) is 17.6 Å². The minimum absolute atomic E-state index is 0.0181. The normalized spacial score (nSPS) is 19.5. The van der Waals surface area contributed by atoms with Crippen LogP contribution in [0.5, 0.6) is 0 Å². The fourth-order valence-electron chi connectivity index (χ4n) is 5.38. The van der Waals surface area contributed by atoms with Crippen molar-refractivity contribution in [3.8, 4) is 11.1 Å². The summed E-state index contributed by atoms with van der Waals surface area (Å²) in [6.45, 7) is 1.85. The van der Waals surface area contributed by atoms with Crippen LogP contribution in [-0.2, 0) is 31.6 Å². The van der Waals surface area contributed by atoms with Crippen molar-refractivity contribution in [2.24, 2.45) is 0 Å². The van der Waals surface area contributed by atoms with E-state index >= 15 is 0 Å². The van der Waals surface area contributed by atoms with Gasteiger partial charge in [0.2, 0.25) is 5.95 Å². The molecular weight excluding hydrogens is 587 g/mol. The number of sulfonamides is 1. The number of Topliss-reactive ketones (excluding diaryl/α,β-unsaturated/α-hetero) is 1. The molecule has 4 aromatic rings. The predicted molar refractivity (Wildman–Crippen MR) is 154 cm³/mol. The molecule has 0 N–H and O–H groups in total. The third-order valence-electron chi connectivity index (χ3n) is 7.45. The largest absolute Gasteiger partial charge is 0.300 e. The fourth-order valence-corrected chi connectivity index (χ4v) is 7.52. The molecule has 210 valence electrons. The van der Waals surface area contributed by atoms with Gasteiger partial charge < -0.3 is 0 Å². The van der Waals surface area contributed by atoms with E-state index in [9.17, 15) is 18.0 Å². The molecule has 6 rings (SSSR count). The summed E-state index contributed by atoms with van der Waals surface area (Å²) < 4.78 is 30.5. The standard InChI is InChI=1S/C28H24Cl2N6O4S/c1-28(13-18-2-4-19(5-3-18)20-14-31-17-32-15-20)26(38)35(23-11-21(29)10-22(30)12-23)27-33-16-25(36(27)28)41(39,40)34-8-6-24(37)7-9-34/h2-5,10-12,14-17H,6-9,13H2,1H3.